The van der Waals surface area contributed by atoms with Crippen LogP contribution in [0.15, 0.2) is 73.3 Å². The molecule has 0 aliphatic carbocycles. The summed E-state index contributed by atoms with van der Waals surface area (Å²) in [5.74, 6) is -1.85. The zero-order valence-electron chi connectivity index (χ0n) is 37.4. The lowest BCUT2D eigenvalue weighted by molar-refractivity contribution is -0.147. The van der Waals surface area contributed by atoms with Crippen LogP contribution in [0.3, 0.4) is 0 Å². The maximum absolute atomic E-state index is 13.4. The van der Waals surface area contributed by atoms with Gasteiger partial charge in [-0.25, -0.2) is 38.3 Å². The Hall–Kier alpha value is -6.50. The van der Waals surface area contributed by atoms with E-state index in [1.165, 1.54) is 63.0 Å². The third kappa shape index (κ3) is 12.1. The molecule has 0 bridgehead atoms. The van der Waals surface area contributed by atoms with Crippen molar-refractivity contribution in [1.29, 1.82) is 0 Å². The quantitative estimate of drug-likeness (QED) is 0.172. The molecule has 6 rings (SSSR count). The molecule has 2 aliphatic heterocycles. The number of methoxy groups -OCH3 is 2. The molecule has 17 nitrogen and oxygen atoms in total. The van der Waals surface area contributed by atoms with Gasteiger partial charge in [0.05, 0.1) is 20.8 Å². The zero-order chi connectivity index (χ0) is 46.8. The van der Waals surface area contributed by atoms with Crippen LogP contribution in [0.25, 0.3) is 0 Å². The van der Waals surface area contributed by atoms with Gasteiger partial charge in [0, 0.05) is 88.3 Å². The van der Waals surface area contributed by atoms with Crippen molar-refractivity contribution < 1.29 is 52.0 Å². The average molecular weight is 891 g/mol. The number of benzene rings is 2. The van der Waals surface area contributed by atoms with Gasteiger partial charge in [0.25, 0.3) is 0 Å². The van der Waals surface area contributed by atoms with Crippen molar-refractivity contribution in [3.63, 3.8) is 0 Å². The van der Waals surface area contributed by atoms with Crippen molar-refractivity contribution in [2.24, 2.45) is 0 Å². The highest BCUT2D eigenvalue weighted by Gasteiger charge is 2.44. The van der Waals surface area contributed by atoms with Gasteiger partial charge >= 0.3 is 24.1 Å². The number of rotatable bonds is 9. The summed E-state index contributed by atoms with van der Waals surface area (Å²) in [7, 11) is 2.52. The second kappa shape index (κ2) is 20.8. The highest BCUT2D eigenvalue weighted by Crippen LogP contribution is 2.34. The molecule has 4 heterocycles. The molecule has 19 heteroatoms. The molecule has 0 spiro atoms. The smallest absolute Gasteiger partial charge is 0.410 e. The second-order valence-corrected chi connectivity index (χ2v) is 17.1. The standard InChI is InChI=1S/C23H29FN4O5.C22H27FN4O4/c1-22(2,3)33-21(31)28-11-9-27(10-12-28)20-25-13-17(14-26-20)23(15-29,19(30)32-4)16-5-7-18(24)8-6-16;1-22(2,3)31-21(29)27-11-9-26(10-12-27)20-24-13-16(14-25-20)18(19(28)30-4)15-5-7-17(23)8-6-15/h5-8,13-14,29H,9-12,15H2,1-4H3;5-8,13-14,18H,9-12H2,1-4H3. The van der Waals surface area contributed by atoms with Gasteiger partial charge in [-0.05, 0) is 76.9 Å². The van der Waals surface area contributed by atoms with E-state index < -0.39 is 46.9 Å². The van der Waals surface area contributed by atoms with Crippen molar-refractivity contribution in [1.82, 2.24) is 29.7 Å². The second-order valence-electron chi connectivity index (χ2n) is 17.1. The largest absolute Gasteiger partial charge is 0.468 e. The number of hydrogen-bond donors (Lipinski definition) is 1. The molecule has 2 unspecified atom stereocenters. The molecule has 4 aromatic rings. The van der Waals surface area contributed by atoms with Crippen LogP contribution in [0.2, 0.25) is 0 Å². The molecule has 2 saturated heterocycles. The van der Waals surface area contributed by atoms with Crippen molar-refractivity contribution in [2.75, 3.05) is 83.0 Å². The van der Waals surface area contributed by atoms with E-state index in [0.717, 1.165) is 0 Å². The van der Waals surface area contributed by atoms with Crippen molar-refractivity contribution >= 4 is 36.0 Å². The maximum Gasteiger partial charge on any atom is 0.410 e. The first kappa shape index (κ1) is 48.5. The number of aromatic nitrogens is 4. The van der Waals surface area contributed by atoms with E-state index in [1.807, 2.05) is 51.3 Å². The fourth-order valence-corrected chi connectivity index (χ4v) is 6.98. The van der Waals surface area contributed by atoms with Crippen molar-refractivity contribution in [2.45, 2.75) is 64.1 Å². The van der Waals surface area contributed by atoms with Crippen molar-refractivity contribution in [3.8, 4) is 0 Å². The maximum atomic E-state index is 13.4. The number of nitrogens with zero attached hydrogens (tertiary/aromatic N) is 8. The van der Waals surface area contributed by atoms with E-state index in [2.05, 4.69) is 19.9 Å². The van der Waals surface area contributed by atoms with Crippen LogP contribution in [-0.4, -0.2) is 143 Å². The van der Waals surface area contributed by atoms with E-state index in [0.29, 0.717) is 86.5 Å². The Morgan fingerprint density at radius 2 is 1.00 bits per heavy atom. The Balaban J connectivity index is 0.000000241. The fourth-order valence-electron chi connectivity index (χ4n) is 6.98. The number of halogens is 2. The lowest BCUT2D eigenvalue weighted by Gasteiger charge is -2.35. The lowest BCUT2D eigenvalue weighted by Crippen LogP contribution is -2.50. The first-order chi connectivity index (χ1) is 30.3. The third-order valence-electron chi connectivity index (χ3n) is 10.3. The number of carbonyl (C=O) groups is 4. The zero-order valence-corrected chi connectivity index (χ0v) is 37.4. The Morgan fingerprint density at radius 1 is 0.594 bits per heavy atom. The summed E-state index contributed by atoms with van der Waals surface area (Å²) in [5.41, 5.74) is -0.855. The summed E-state index contributed by atoms with van der Waals surface area (Å²) < 4.78 is 47.4. The van der Waals surface area contributed by atoms with Gasteiger partial charge in [-0.1, -0.05) is 24.3 Å². The van der Waals surface area contributed by atoms with E-state index in [4.69, 9.17) is 18.9 Å². The van der Waals surface area contributed by atoms with E-state index in [9.17, 15) is 33.1 Å². The number of esters is 2. The molecule has 2 fully saturated rings. The lowest BCUT2D eigenvalue weighted by atomic mass is 9.76. The Morgan fingerprint density at radius 3 is 1.38 bits per heavy atom. The summed E-state index contributed by atoms with van der Waals surface area (Å²) in [6.45, 7) is 14.4. The number of carbonyl (C=O) groups excluding carboxylic acids is 4. The number of piperazine rings is 2. The minimum Gasteiger partial charge on any atom is -0.468 e. The molecule has 0 radical (unpaired) electrons. The molecular formula is C45H56F2N8O9. The summed E-state index contributed by atoms with van der Waals surface area (Å²) in [4.78, 5) is 74.4. The van der Waals surface area contributed by atoms with Gasteiger partial charge < -0.3 is 43.7 Å². The SMILES string of the molecule is COC(=O)C(CO)(c1ccc(F)cc1)c1cnc(N2CCN(C(=O)OC(C)(C)C)CC2)nc1.COC(=O)C(c1ccc(F)cc1)c1cnc(N2CCN(C(=O)OC(C)(C)C)CC2)nc1. The van der Waals surface area contributed by atoms with Gasteiger partial charge in [-0.3, -0.25) is 9.59 Å². The molecule has 2 aromatic heterocycles. The normalized spacial score (nSPS) is 15.8. The molecular weight excluding hydrogens is 835 g/mol. The minimum absolute atomic E-state index is 0.319. The first-order valence-electron chi connectivity index (χ1n) is 20.7. The number of aliphatic hydroxyl groups excluding tert-OH is 1. The van der Waals surface area contributed by atoms with E-state index in [-0.39, 0.29) is 18.0 Å². The first-order valence-corrected chi connectivity index (χ1v) is 20.7. The number of anilines is 2. The van der Waals surface area contributed by atoms with Crippen LogP contribution in [-0.2, 0) is 34.0 Å². The van der Waals surface area contributed by atoms with Crippen molar-refractivity contribution in [3.05, 3.63) is 107 Å². The molecule has 0 saturated carbocycles. The molecule has 2 amide bonds. The summed E-state index contributed by atoms with van der Waals surface area (Å²) in [6.07, 6.45) is 5.38. The summed E-state index contributed by atoms with van der Waals surface area (Å²) in [6, 6.07) is 10.9. The topological polar surface area (TPSA) is 190 Å². The van der Waals surface area contributed by atoms with Gasteiger partial charge in [-0.15, -0.1) is 0 Å². The summed E-state index contributed by atoms with van der Waals surface area (Å²) >= 11 is 0. The van der Waals surface area contributed by atoms with Gasteiger partial charge in [0.1, 0.15) is 34.2 Å². The van der Waals surface area contributed by atoms with Gasteiger partial charge in [0.15, 0.2) is 0 Å². The Labute approximate surface area is 371 Å². The van der Waals surface area contributed by atoms with Crippen LogP contribution in [0.1, 0.15) is 69.7 Å². The monoisotopic (exact) mass is 890 g/mol. The predicted octanol–water partition coefficient (Wildman–Crippen LogP) is 5.10. The highest BCUT2D eigenvalue weighted by molar-refractivity contribution is 5.87. The molecule has 2 aliphatic rings. The third-order valence-corrected chi connectivity index (χ3v) is 10.3. The van der Waals surface area contributed by atoms with Gasteiger partial charge in [0.2, 0.25) is 11.9 Å². The number of ether oxygens (including phenoxy) is 4. The summed E-state index contributed by atoms with van der Waals surface area (Å²) in [5, 5.41) is 10.2. The van der Waals surface area contributed by atoms with Crippen LogP contribution >= 0.6 is 0 Å². The molecule has 64 heavy (non-hydrogen) atoms. The van der Waals surface area contributed by atoms with Gasteiger partial charge in [-0.2, -0.15) is 0 Å². The van der Waals surface area contributed by atoms with Crippen LogP contribution < -0.4 is 9.80 Å². The molecule has 2 aromatic carbocycles. The Kier molecular flexibility index (Phi) is 15.8. The molecule has 1 N–H and O–H groups in total. The van der Waals surface area contributed by atoms with Crippen LogP contribution in [0, 0.1) is 11.6 Å². The van der Waals surface area contributed by atoms with Crippen LogP contribution in [0.5, 0.6) is 0 Å². The highest BCUT2D eigenvalue weighted by atomic mass is 19.1. The Bertz CT molecular complexity index is 2190. The predicted molar refractivity (Wildman–Crippen MR) is 231 cm³/mol. The number of aliphatic hydroxyl groups is 1. The molecule has 344 valence electrons. The fraction of sp³-hybridized carbons (Fsp3) is 0.467. The van der Waals surface area contributed by atoms with E-state index in [1.54, 1.807) is 34.3 Å². The number of amides is 2. The molecule has 2 atom stereocenters. The van der Waals surface area contributed by atoms with E-state index >= 15 is 0 Å². The average Bonchev–Trinajstić information content (AvgIpc) is 3.27. The minimum atomic E-state index is -1.59. The van der Waals surface area contributed by atoms with Crippen LogP contribution in [0.4, 0.5) is 30.3 Å². The number of hydrogen-bond acceptors (Lipinski definition) is 15.